The Balaban J connectivity index is 1.13. The van der Waals surface area contributed by atoms with Crippen molar-refractivity contribution in [3.63, 3.8) is 0 Å². The number of phenolic OH excluding ortho intramolecular Hbond substituents is 1. The second kappa shape index (κ2) is 14.0. The standard InChI is InChI=1S/C32H36Br2N6O6S/c33-24-17-20(18-25(34)29(24)41)19-27(30(42)38-13-7-22(8-14-38)21-5-11-35-12-6-21)37-31(43)39-15-9-23(10-16-39)40-32(44)36-26-3-1-2-4-28(26)47(40,45)46/h1-6,11-12,17-18,22-23,27,41,45-46H,7-10,13-16,19H2,(H,36,44)(H,37,43)/t27-/m0/s1. The van der Waals surface area contributed by atoms with E-state index in [9.17, 15) is 28.6 Å². The van der Waals surface area contributed by atoms with E-state index in [1.807, 2.05) is 12.1 Å². The summed E-state index contributed by atoms with van der Waals surface area (Å²) in [7, 11) is -3.56. The molecule has 1 aromatic heterocycles. The highest BCUT2D eigenvalue weighted by Crippen LogP contribution is 2.58. The highest BCUT2D eigenvalue weighted by atomic mass is 79.9. The number of amides is 5. The molecule has 2 fully saturated rings. The van der Waals surface area contributed by atoms with Gasteiger partial charge in [-0.25, -0.2) is 13.9 Å². The first-order valence-corrected chi connectivity index (χ1v) is 18.5. The molecular weight excluding hydrogens is 756 g/mol. The van der Waals surface area contributed by atoms with Crippen LogP contribution in [0.15, 0.2) is 74.8 Å². The molecule has 0 unspecified atom stereocenters. The molecule has 0 bridgehead atoms. The van der Waals surface area contributed by atoms with Gasteiger partial charge in [-0.15, -0.1) is 0 Å². The summed E-state index contributed by atoms with van der Waals surface area (Å²) in [5.41, 5.74) is 2.31. The molecule has 5 N–H and O–H groups in total. The van der Waals surface area contributed by atoms with Crippen molar-refractivity contribution >= 4 is 66.3 Å². The Hall–Kier alpha value is -3.37. The summed E-state index contributed by atoms with van der Waals surface area (Å²) in [4.78, 5) is 48.3. The average molecular weight is 793 g/mol. The predicted octanol–water partition coefficient (Wildman–Crippen LogP) is 6.38. The summed E-state index contributed by atoms with van der Waals surface area (Å²) in [5, 5.41) is 15.9. The molecule has 3 aliphatic heterocycles. The van der Waals surface area contributed by atoms with Crippen molar-refractivity contribution in [1.29, 1.82) is 0 Å². The smallest absolute Gasteiger partial charge is 0.340 e. The lowest BCUT2D eigenvalue weighted by molar-refractivity contribution is -0.134. The Morgan fingerprint density at radius 3 is 2.23 bits per heavy atom. The van der Waals surface area contributed by atoms with Crippen LogP contribution in [0.1, 0.15) is 42.7 Å². The number of nitrogens with one attached hydrogen (secondary N) is 2. The van der Waals surface area contributed by atoms with Crippen molar-refractivity contribution in [3.8, 4) is 5.75 Å². The van der Waals surface area contributed by atoms with Crippen LogP contribution < -0.4 is 10.6 Å². The van der Waals surface area contributed by atoms with Gasteiger partial charge in [-0.05, 0) is 111 Å². The zero-order valence-electron chi connectivity index (χ0n) is 25.4. The lowest BCUT2D eigenvalue weighted by atomic mass is 9.89. The number of pyridine rings is 1. The number of likely N-dealkylation sites (tertiary alicyclic amines) is 2. The number of aromatic hydroxyl groups is 1. The van der Waals surface area contributed by atoms with Gasteiger partial charge in [0.25, 0.3) is 0 Å². The molecule has 0 radical (unpaired) electrons. The lowest BCUT2D eigenvalue weighted by Gasteiger charge is -2.51. The minimum Gasteiger partial charge on any atom is -0.506 e. The van der Waals surface area contributed by atoms with Gasteiger partial charge in [0.15, 0.2) is 0 Å². The number of halogens is 2. The topological polar surface area (TPSA) is 159 Å². The van der Waals surface area contributed by atoms with Crippen LogP contribution in [-0.4, -0.2) is 89.5 Å². The first kappa shape index (κ1) is 33.5. The number of benzene rings is 2. The third-order valence-corrected chi connectivity index (χ3v) is 12.2. The van der Waals surface area contributed by atoms with Gasteiger partial charge in [-0.3, -0.25) is 18.9 Å². The van der Waals surface area contributed by atoms with Crippen molar-refractivity contribution in [2.45, 2.75) is 55.0 Å². The number of rotatable bonds is 6. The number of fused-ring (bicyclic) bond motifs is 1. The molecule has 250 valence electrons. The monoisotopic (exact) mass is 790 g/mol. The molecule has 12 nitrogen and oxygen atoms in total. The van der Waals surface area contributed by atoms with E-state index in [1.54, 1.807) is 58.6 Å². The molecule has 3 aliphatic rings. The summed E-state index contributed by atoms with van der Waals surface area (Å²) >= 11 is 6.72. The Morgan fingerprint density at radius 2 is 1.57 bits per heavy atom. The Bertz CT molecular complexity index is 1630. The van der Waals surface area contributed by atoms with E-state index in [4.69, 9.17) is 0 Å². The summed E-state index contributed by atoms with van der Waals surface area (Å²) in [6, 6.07) is 11.7. The van der Waals surface area contributed by atoms with E-state index in [-0.39, 0.29) is 36.1 Å². The summed E-state index contributed by atoms with van der Waals surface area (Å²) in [6.45, 7) is 1.62. The van der Waals surface area contributed by atoms with E-state index in [0.717, 1.165) is 22.7 Å². The molecule has 4 heterocycles. The fraction of sp³-hybridized carbons (Fsp3) is 0.375. The summed E-state index contributed by atoms with van der Waals surface area (Å²) in [5.74, 6) is 0.192. The number of carbonyl (C=O) groups is 3. The van der Waals surface area contributed by atoms with Crippen LogP contribution in [-0.2, 0) is 11.2 Å². The number of piperidine rings is 2. The average Bonchev–Trinajstić information content (AvgIpc) is 3.07. The normalized spacial score (nSPS) is 19.8. The molecule has 5 amide bonds. The van der Waals surface area contributed by atoms with E-state index < -0.39 is 34.9 Å². The number of anilines is 1. The van der Waals surface area contributed by atoms with Gasteiger partial charge in [0.1, 0.15) is 16.7 Å². The van der Waals surface area contributed by atoms with Crippen molar-refractivity contribution in [1.82, 2.24) is 24.4 Å². The first-order chi connectivity index (χ1) is 22.5. The SMILES string of the molecule is O=C(N[C@@H](Cc1cc(Br)c(O)c(Br)c1)C(=O)N1CCC(c2ccncc2)CC1)N1CCC(N2C(=O)Nc3ccccc3S2(O)O)CC1. The van der Waals surface area contributed by atoms with Crippen molar-refractivity contribution < 1.29 is 28.6 Å². The Morgan fingerprint density at radius 1 is 0.957 bits per heavy atom. The molecule has 0 aliphatic carbocycles. The number of nitrogens with zero attached hydrogens (tertiary/aromatic N) is 4. The molecule has 2 saturated heterocycles. The van der Waals surface area contributed by atoms with Gasteiger partial charge in [0.05, 0.1) is 20.7 Å². The number of urea groups is 2. The molecule has 6 rings (SSSR count). The van der Waals surface area contributed by atoms with E-state index >= 15 is 0 Å². The van der Waals surface area contributed by atoms with Crippen LogP contribution in [0, 0.1) is 0 Å². The van der Waals surface area contributed by atoms with Crippen molar-refractivity contribution in [2.75, 3.05) is 31.5 Å². The Labute approximate surface area is 291 Å². The summed E-state index contributed by atoms with van der Waals surface area (Å²) < 4.78 is 24.3. The highest BCUT2D eigenvalue weighted by molar-refractivity contribution is 9.11. The molecule has 15 heteroatoms. The molecule has 2 aromatic carbocycles. The summed E-state index contributed by atoms with van der Waals surface area (Å²) in [6.07, 6.45) is 6.02. The fourth-order valence-corrected chi connectivity index (χ4v) is 9.65. The van der Waals surface area contributed by atoms with Crippen LogP contribution in [0.4, 0.5) is 15.3 Å². The lowest BCUT2D eigenvalue weighted by Crippen LogP contribution is -2.57. The maximum Gasteiger partial charge on any atom is 0.340 e. The maximum atomic E-state index is 14.0. The zero-order chi connectivity index (χ0) is 33.3. The number of hydrogen-bond donors (Lipinski definition) is 5. The second-order valence-electron chi connectivity index (χ2n) is 12.0. The van der Waals surface area contributed by atoms with Crippen LogP contribution in [0.5, 0.6) is 5.75 Å². The molecule has 3 aromatic rings. The minimum atomic E-state index is -3.56. The zero-order valence-corrected chi connectivity index (χ0v) is 29.4. The molecule has 0 saturated carbocycles. The van der Waals surface area contributed by atoms with E-state index in [2.05, 4.69) is 47.5 Å². The number of hydrogen-bond acceptors (Lipinski definition) is 7. The second-order valence-corrected chi connectivity index (χ2v) is 15.6. The van der Waals surface area contributed by atoms with Crippen molar-refractivity contribution in [3.05, 3.63) is 81.0 Å². The van der Waals surface area contributed by atoms with Gasteiger partial charge in [0, 0.05) is 45.0 Å². The third kappa shape index (κ3) is 7.09. The molecule has 47 heavy (non-hydrogen) atoms. The van der Waals surface area contributed by atoms with Crippen molar-refractivity contribution in [2.24, 2.45) is 0 Å². The first-order valence-electron chi connectivity index (χ1n) is 15.4. The van der Waals surface area contributed by atoms with Crippen LogP contribution in [0.25, 0.3) is 0 Å². The van der Waals surface area contributed by atoms with Crippen LogP contribution >= 0.6 is 42.6 Å². The van der Waals surface area contributed by atoms with E-state index in [0.29, 0.717) is 46.5 Å². The van der Waals surface area contributed by atoms with Crippen LogP contribution in [0.2, 0.25) is 0 Å². The minimum absolute atomic E-state index is 0.0456. The number of phenols is 1. The molecule has 1 atom stereocenters. The molecular formula is C32H36Br2N6O6S. The number of carbonyl (C=O) groups excluding carboxylic acids is 3. The number of aromatic nitrogens is 1. The van der Waals surface area contributed by atoms with Crippen LogP contribution in [0.3, 0.4) is 0 Å². The van der Waals surface area contributed by atoms with Gasteiger partial charge < -0.3 is 25.5 Å². The van der Waals surface area contributed by atoms with Gasteiger partial charge in [-0.1, -0.05) is 22.9 Å². The quantitative estimate of drug-likeness (QED) is 0.194. The molecule has 0 spiro atoms. The fourth-order valence-electron chi connectivity index (χ4n) is 6.58. The Kier molecular flexibility index (Phi) is 9.99. The third-order valence-electron chi connectivity index (χ3n) is 9.08. The largest absolute Gasteiger partial charge is 0.506 e. The highest BCUT2D eigenvalue weighted by Gasteiger charge is 2.43. The number of para-hydroxylation sites is 1. The van der Waals surface area contributed by atoms with Gasteiger partial charge in [0.2, 0.25) is 5.91 Å². The van der Waals surface area contributed by atoms with E-state index in [1.165, 1.54) is 5.56 Å². The van der Waals surface area contributed by atoms with Gasteiger partial charge in [-0.2, -0.15) is 0 Å². The predicted molar refractivity (Wildman–Crippen MR) is 185 cm³/mol. The van der Waals surface area contributed by atoms with Gasteiger partial charge >= 0.3 is 12.1 Å². The maximum absolute atomic E-state index is 14.0.